The minimum Gasteiger partial charge on any atom is -0.497 e. The van der Waals surface area contributed by atoms with Crippen LogP contribution in [0.1, 0.15) is 27.9 Å². The highest BCUT2D eigenvalue weighted by molar-refractivity contribution is 6.23. The number of hydrogen-bond acceptors (Lipinski definition) is 5. The third-order valence-corrected chi connectivity index (χ3v) is 5.74. The van der Waals surface area contributed by atoms with Crippen LogP contribution in [0.15, 0.2) is 78.9 Å². The number of rotatable bonds is 6. The maximum absolute atomic E-state index is 13.4. The first kappa shape index (κ1) is 23.7. The van der Waals surface area contributed by atoms with Gasteiger partial charge in [-0.05, 0) is 54.4 Å². The molecule has 4 rings (SSSR count). The molecule has 0 bridgehead atoms. The molecule has 0 spiro atoms. The van der Waals surface area contributed by atoms with Crippen molar-refractivity contribution in [3.05, 3.63) is 95.6 Å². The molecule has 1 N–H and O–H groups in total. The zero-order valence-corrected chi connectivity index (χ0v) is 19.4. The summed E-state index contributed by atoms with van der Waals surface area (Å²) in [5.41, 5.74) is 4.88. The fraction of sp³-hybridized carbons (Fsp3) is 0.185. The molecular weight excluding hydrogens is 446 g/mol. The van der Waals surface area contributed by atoms with Gasteiger partial charge in [-0.3, -0.25) is 24.6 Å². The number of benzene rings is 3. The molecule has 3 aromatic rings. The second-order valence-corrected chi connectivity index (χ2v) is 8.22. The molecule has 0 radical (unpaired) electrons. The maximum Gasteiger partial charge on any atom is 0.269 e. The van der Waals surface area contributed by atoms with Gasteiger partial charge in [0.15, 0.2) is 0 Å². The van der Waals surface area contributed by atoms with E-state index in [4.69, 9.17) is 4.74 Å². The highest BCUT2D eigenvalue weighted by Gasteiger charge is 2.45. The molecule has 1 heterocycles. The molecule has 4 amide bonds. The number of ether oxygens (including phenoxy) is 1. The van der Waals surface area contributed by atoms with Gasteiger partial charge in [-0.2, -0.15) is 0 Å². The molecule has 1 aliphatic rings. The fourth-order valence-corrected chi connectivity index (χ4v) is 3.94. The number of amides is 4. The van der Waals surface area contributed by atoms with Crippen molar-refractivity contribution in [1.29, 1.82) is 0 Å². The van der Waals surface area contributed by atoms with Gasteiger partial charge in [0.2, 0.25) is 11.8 Å². The minimum absolute atomic E-state index is 0.0495. The average Bonchev–Trinajstić information content (AvgIpc) is 3.16. The number of hydrogen-bond donors (Lipinski definition) is 1. The summed E-state index contributed by atoms with van der Waals surface area (Å²) in [5, 5.41) is 0.996. The van der Waals surface area contributed by atoms with Crippen molar-refractivity contribution < 1.29 is 23.9 Å². The summed E-state index contributed by atoms with van der Waals surface area (Å²) in [6.07, 6.45) is -0.289. The first-order valence-electron chi connectivity index (χ1n) is 11.1. The van der Waals surface area contributed by atoms with Gasteiger partial charge in [-0.1, -0.05) is 42.5 Å². The van der Waals surface area contributed by atoms with Crippen LogP contribution in [0.3, 0.4) is 0 Å². The molecule has 8 heteroatoms. The van der Waals surface area contributed by atoms with E-state index in [1.54, 1.807) is 66.7 Å². The Balaban J connectivity index is 1.62. The van der Waals surface area contributed by atoms with Crippen LogP contribution < -0.4 is 15.1 Å². The van der Waals surface area contributed by atoms with Gasteiger partial charge in [-0.15, -0.1) is 0 Å². The normalized spacial score (nSPS) is 15.1. The van der Waals surface area contributed by atoms with E-state index < -0.39 is 29.7 Å². The van der Waals surface area contributed by atoms with Crippen molar-refractivity contribution in [2.24, 2.45) is 0 Å². The van der Waals surface area contributed by atoms with Crippen LogP contribution in [-0.4, -0.2) is 41.8 Å². The summed E-state index contributed by atoms with van der Waals surface area (Å²) in [4.78, 5) is 53.6. The van der Waals surface area contributed by atoms with Gasteiger partial charge < -0.3 is 4.74 Å². The predicted octanol–water partition coefficient (Wildman–Crippen LogP) is 3.05. The summed E-state index contributed by atoms with van der Waals surface area (Å²) < 4.78 is 5.12. The Morgan fingerprint density at radius 2 is 1.71 bits per heavy atom. The van der Waals surface area contributed by atoms with Gasteiger partial charge in [-0.25, -0.2) is 9.91 Å². The second kappa shape index (κ2) is 10.2. The molecule has 1 atom stereocenters. The molecule has 8 nitrogen and oxygen atoms in total. The summed E-state index contributed by atoms with van der Waals surface area (Å²) in [7, 11) is 1.52. The second-order valence-electron chi connectivity index (χ2n) is 8.22. The van der Waals surface area contributed by atoms with Gasteiger partial charge >= 0.3 is 0 Å². The van der Waals surface area contributed by atoms with Gasteiger partial charge in [0.25, 0.3) is 11.8 Å². The Bertz CT molecular complexity index is 1260. The van der Waals surface area contributed by atoms with E-state index in [2.05, 4.69) is 5.43 Å². The van der Waals surface area contributed by atoms with E-state index in [0.717, 1.165) is 15.5 Å². The van der Waals surface area contributed by atoms with E-state index in [1.807, 2.05) is 19.1 Å². The SMILES string of the molecule is COc1ccc(C(=O)NN(C(=O)Cc2ccccc2)C2CC(=O)N(c3cccc(C)c3)C2=O)cc1. The molecular formula is C27H25N3O5. The van der Waals surface area contributed by atoms with E-state index >= 15 is 0 Å². The zero-order valence-electron chi connectivity index (χ0n) is 19.4. The Labute approximate surface area is 203 Å². The monoisotopic (exact) mass is 471 g/mol. The standard InChI is InChI=1S/C27H25N3O5/c1-18-7-6-10-21(15-18)29-24(31)17-23(27(29)34)30(25(32)16-19-8-4-3-5-9-19)28-26(33)20-11-13-22(35-2)14-12-20/h3-15,23H,16-17H2,1-2H3,(H,28,33). The van der Waals surface area contributed by atoms with E-state index in [0.29, 0.717) is 17.0 Å². The lowest BCUT2D eigenvalue weighted by Gasteiger charge is -2.28. The van der Waals surface area contributed by atoms with Crippen molar-refractivity contribution in [3.63, 3.8) is 0 Å². The fourth-order valence-electron chi connectivity index (χ4n) is 3.94. The Kier molecular flexibility index (Phi) is 6.91. The van der Waals surface area contributed by atoms with Crippen LogP contribution in [0.4, 0.5) is 5.69 Å². The summed E-state index contributed by atoms with van der Waals surface area (Å²) in [6.45, 7) is 1.86. The summed E-state index contributed by atoms with van der Waals surface area (Å²) >= 11 is 0. The van der Waals surface area contributed by atoms with Crippen LogP contribution in [0.2, 0.25) is 0 Å². The van der Waals surface area contributed by atoms with E-state index in [9.17, 15) is 19.2 Å². The molecule has 3 aromatic carbocycles. The molecule has 0 aromatic heterocycles. The minimum atomic E-state index is -1.17. The molecule has 1 aliphatic heterocycles. The maximum atomic E-state index is 13.4. The number of methoxy groups -OCH3 is 1. The van der Waals surface area contributed by atoms with Crippen LogP contribution in [-0.2, 0) is 20.8 Å². The van der Waals surface area contributed by atoms with Crippen molar-refractivity contribution >= 4 is 29.3 Å². The Hall–Kier alpha value is -4.46. The molecule has 1 saturated heterocycles. The van der Waals surface area contributed by atoms with Crippen molar-refractivity contribution in [1.82, 2.24) is 10.4 Å². The number of hydrazine groups is 1. The number of aryl methyl sites for hydroxylation is 1. The molecule has 1 unspecified atom stereocenters. The van der Waals surface area contributed by atoms with Crippen molar-refractivity contribution in [3.8, 4) is 5.75 Å². The molecule has 0 saturated carbocycles. The van der Waals surface area contributed by atoms with Gasteiger partial charge in [0.1, 0.15) is 11.8 Å². The number of anilines is 1. The van der Waals surface area contributed by atoms with E-state index in [-0.39, 0.29) is 18.4 Å². The summed E-state index contributed by atoms with van der Waals surface area (Å²) in [5.74, 6) is -1.53. The first-order valence-corrected chi connectivity index (χ1v) is 11.1. The Morgan fingerprint density at radius 3 is 2.37 bits per heavy atom. The molecule has 35 heavy (non-hydrogen) atoms. The van der Waals surface area contributed by atoms with Gasteiger partial charge in [0.05, 0.1) is 25.6 Å². The van der Waals surface area contributed by atoms with Crippen LogP contribution in [0.5, 0.6) is 5.75 Å². The number of nitrogens with one attached hydrogen (secondary N) is 1. The van der Waals surface area contributed by atoms with Gasteiger partial charge in [0, 0.05) is 5.56 Å². The lowest BCUT2D eigenvalue weighted by molar-refractivity contribution is -0.140. The molecule has 0 aliphatic carbocycles. The highest BCUT2D eigenvalue weighted by atomic mass is 16.5. The topological polar surface area (TPSA) is 96.0 Å². The van der Waals surface area contributed by atoms with Crippen molar-refractivity contribution in [2.75, 3.05) is 12.0 Å². The largest absolute Gasteiger partial charge is 0.497 e. The van der Waals surface area contributed by atoms with Crippen LogP contribution in [0.25, 0.3) is 0 Å². The molecule has 178 valence electrons. The van der Waals surface area contributed by atoms with Crippen LogP contribution in [0, 0.1) is 6.92 Å². The zero-order chi connectivity index (χ0) is 24.9. The lowest BCUT2D eigenvalue weighted by atomic mass is 10.1. The van der Waals surface area contributed by atoms with Crippen LogP contribution >= 0.6 is 0 Å². The molecule has 1 fully saturated rings. The third-order valence-electron chi connectivity index (χ3n) is 5.74. The lowest BCUT2D eigenvalue weighted by Crippen LogP contribution is -2.55. The average molecular weight is 472 g/mol. The number of nitrogens with zero attached hydrogens (tertiary/aromatic N) is 2. The smallest absolute Gasteiger partial charge is 0.269 e. The number of imide groups is 1. The van der Waals surface area contributed by atoms with E-state index in [1.165, 1.54) is 7.11 Å². The number of carbonyl (C=O) groups is 4. The quantitative estimate of drug-likeness (QED) is 0.440. The predicted molar refractivity (Wildman–Crippen MR) is 130 cm³/mol. The summed E-state index contributed by atoms with van der Waals surface area (Å²) in [6, 6.07) is 21.2. The third kappa shape index (κ3) is 5.22. The number of carbonyl (C=O) groups excluding carboxylic acids is 4. The van der Waals surface area contributed by atoms with Crippen molar-refractivity contribution in [2.45, 2.75) is 25.8 Å². The first-order chi connectivity index (χ1) is 16.9. The highest BCUT2D eigenvalue weighted by Crippen LogP contribution is 2.26. The Morgan fingerprint density at radius 1 is 1.00 bits per heavy atom.